The van der Waals surface area contributed by atoms with Crippen LogP contribution in [-0.4, -0.2) is 22.9 Å². The Bertz CT molecular complexity index is 386. The average molecular weight is 249 g/mol. The molecule has 0 spiro atoms. The predicted molar refractivity (Wildman–Crippen MR) is 73.0 cm³/mol. The van der Waals surface area contributed by atoms with E-state index in [1.807, 2.05) is 28.5 Å². The summed E-state index contributed by atoms with van der Waals surface area (Å²) in [5.74, 6) is 0.151. The molecule has 0 radical (unpaired) electrons. The number of carbonyl (C=O) groups excluding carboxylic acids is 1. The van der Waals surface area contributed by atoms with Gasteiger partial charge < -0.3 is 4.90 Å². The van der Waals surface area contributed by atoms with Crippen LogP contribution in [0.3, 0.4) is 0 Å². The first kappa shape index (κ1) is 12.4. The smallest absolute Gasteiger partial charge is 0.247 e. The summed E-state index contributed by atoms with van der Waals surface area (Å²) in [5.41, 5.74) is 0. The number of amides is 1. The van der Waals surface area contributed by atoms with Crippen molar-refractivity contribution in [1.29, 1.82) is 0 Å². The van der Waals surface area contributed by atoms with Crippen molar-refractivity contribution in [2.75, 3.05) is 0 Å². The zero-order valence-electron chi connectivity index (χ0n) is 10.4. The van der Waals surface area contributed by atoms with E-state index in [1.54, 1.807) is 17.4 Å². The second kappa shape index (κ2) is 5.50. The molecule has 0 N–H and O–H groups in total. The highest BCUT2D eigenvalue weighted by atomic mass is 32.1. The molecule has 1 aliphatic rings. The normalized spacial score (nSPS) is 25.4. The summed E-state index contributed by atoms with van der Waals surface area (Å²) in [6, 6.07) is 4.77. The summed E-state index contributed by atoms with van der Waals surface area (Å²) in [6.07, 6.45) is 7.12. The Morgan fingerprint density at radius 1 is 1.41 bits per heavy atom. The molecule has 1 fully saturated rings. The van der Waals surface area contributed by atoms with Crippen molar-refractivity contribution in [2.45, 2.75) is 45.2 Å². The largest absolute Gasteiger partial charge is 0.334 e. The van der Waals surface area contributed by atoms with E-state index in [9.17, 15) is 4.79 Å². The highest BCUT2D eigenvalue weighted by molar-refractivity contribution is 7.10. The third kappa shape index (κ3) is 2.97. The summed E-state index contributed by atoms with van der Waals surface area (Å²) >= 11 is 1.66. The van der Waals surface area contributed by atoms with Crippen molar-refractivity contribution in [3.8, 4) is 0 Å². The molecule has 3 heteroatoms. The van der Waals surface area contributed by atoms with Crippen molar-refractivity contribution < 1.29 is 4.79 Å². The predicted octanol–water partition coefficient (Wildman–Crippen LogP) is 3.55. The number of rotatable bonds is 2. The lowest BCUT2D eigenvalue weighted by Gasteiger charge is -2.38. The molecule has 1 amide bonds. The fourth-order valence-corrected chi connectivity index (χ4v) is 3.10. The van der Waals surface area contributed by atoms with Crippen molar-refractivity contribution in [1.82, 2.24) is 4.90 Å². The van der Waals surface area contributed by atoms with Crippen LogP contribution in [0.5, 0.6) is 0 Å². The zero-order valence-corrected chi connectivity index (χ0v) is 11.2. The minimum Gasteiger partial charge on any atom is -0.334 e. The first-order chi connectivity index (χ1) is 8.18. The molecule has 0 aromatic carbocycles. The highest BCUT2D eigenvalue weighted by Gasteiger charge is 2.27. The monoisotopic (exact) mass is 249 g/mol. The maximum Gasteiger partial charge on any atom is 0.247 e. The average Bonchev–Trinajstić information content (AvgIpc) is 2.79. The molecule has 2 nitrogen and oxygen atoms in total. The maximum absolute atomic E-state index is 12.2. The van der Waals surface area contributed by atoms with E-state index in [4.69, 9.17) is 0 Å². The fraction of sp³-hybridized carbons (Fsp3) is 0.500. The molecule has 1 aromatic heterocycles. The van der Waals surface area contributed by atoms with Crippen molar-refractivity contribution in [3.63, 3.8) is 0 Å². The van der Waals surface area contributed by atoms with E-state index in [1.165, 1.54) is 6.42 Å². The Hall–Kier alpha value is -1.09. The van der Waals surface area contributed by atoms with Gasteiger partial charge in [-0.1, -0.05) is 6.07 Å². The lowest BCUT2D eigenvalue weighted by Crippen LogP contribution is -2.46. The first-order valence-corrected chi connectivity index (χ1v) is 7.10. The molecule has 1 aliphatic heterocycles. The maximum atomic E-state index is 12.2. The van der Waals surface area contributed by atoms with Crippen LogP contribution >= 0.6 is 11.3 Å². The van der Waals surface area contributed by atoms with Gasteiger partial charge >= 0.3 is 0 Å². The van der Waals surface area contributed by atoms with Crippen LogP contribution in [0.15, 0.2) is 23.6 Å². The summed E-state index contributed by atoms with van der Waals surface area (Å²) in [7, 11) is 0. The molecule has 2 heterocycles. The molecule has 0 unspecified atom stereocenters. The fourth-order valence-electron chi connectivity index (χ4n) is 2.48. The third-order valence-corrected chi connectivity index (χ3v) is 4.22. The van der Waals surface area contributed by atoms with Gasteiger partial charge in [0.2, 0.25) is 5.91 Å². The van der Waals surface area contributed by atoms with Gasteiger partial charge in [0.25, 0.3) is 0 Å². The minimum atomic E-state index is 0.151. The van der Waals surface area contributed by atoms with Gasteiger partial charge in [0, 0.05) is 23.0 Å². The van der Waals surface area contributed by atoms with Gasteiger partial charge in [-0.25, -0.2) is 0 Å². The van der Waals surface area contributed by atoms with Gasteiger partial charge in [0.15, 0.2) is 0 Å². The molecule has 0 saturated carbocycles. The molecule has 1 aromatic rings. The van der Waals surface area contributed by atoms with Crippen LogP contribution in [0.2, 0.25) is 0 Å². The number of carbonyl (C=O) groups is 1. The minimum absolute atomic E-state index is 0.151. The van der Waals surface area contributed by atoms with Gasteiger partial charge in [0.1, 0.15) is 0 Å². The van der Waals surface area contributed by atoms with Gasteiger partial charge in [-0.15, -0.1) is 11.3 Å². The Kier molecular flexibility index (Phi) is 4.00. The standard InChI is InChI=1S/C14H19NOS/c1-11-5-3-6-12(2)15(11)14(16)9-8-13-7-4-10-17-13/h4,7-12H,3,5-6H2,1-2H3/b9-8+/t11-,12-/m1/s1. The van der Waals surface area contributed by atoms with Gasteiger partial charge in [-0.05, 0) is 50.6 Å². The van der Waals surface area contributed by atoms with E-state index >= 15 is 0 Å². The van der Waals surface area contributed by atoms with E-state index in [0.29, 0.717) is 12.1 Å². The van der Waals surface area contributed by atoms with Crippen LogP contribution in [0.1, 0.15) is 38.0 Å². The SMILES string of the molecule is C[C@@H]1CCC[C@@H](C)N1C(=O)/C=C/c1cccs1. The summed E-state index contributed by atoms with van der Waals surface area (Å²) < 4.78 is 0. The number of likely N-dealkylation sites (tertiary alicyclic amines) is 1. The highest BCUT2D eigenvalue weighted by Crippen LogP contribution is 2.23. The summed E-state index contributed by atoms with van der Waals surface area (Å²) in [5, 5.41) is 2.02. The second-order valence-electron chi connectivity index (χ2n) is 4.72. The molecular weight excluding hydrogens is 230 g/mol. The van der Waals surface area contributed by atoms with Crippen molar-refractivity contribution in [3.05, 3.63) is 28.5 Å². The Balaban J connectivity index is 2.03. The van der Waals surface area contributed by atoms with Gasteiger partial charge in [-0.2, -0.15) is 0 Å². The van der Waals surface area contributed by atoms with Crippen molar-refractivity contribution >= 4 is 23.3 Å². The lowest BCUT2D eigenvalue weighted by atomic mass is 9.97. The summed E-state index contributed by atoms with van der Waals surface area (Å²) in [4.78, 5) is 15.3. The Morgan fingerprint density at radius 3 is 2.71 bits per heavy atom. The molecule has 1 saturated heterocycles. The molecule has 0 bridgehead atoms. The van der Waals surface area contributed by atoms with E-state index < -0.39 is 0 Å². The van der Waals surface area contributed by atoms with Crippen LogP contribution in [0.25, 0.3) is 6.08 Å². The number of thiophene rings is 1. The second-order valence-corrected chi connectivity index (χ2v) is 5.70. The first-order valence-electron chi connectivity index (χ1n) is 6.22. The molecule has 0 aliphatic carbocycles. The molecular formula is C14H19NOS. The van der Waals surface area contributed by atoms with E-state index in [0.717, 1.165) is 17.7 Å². The van der Waals surface area contributed by atoms with Crippen molar-refractivity contribution in [2.24, 2.45) is 0 Å². The lowest BCUT2D eigenvalue weighted by molar-refractivity contribution is -0.131. The topological polar surface area (TPSA) is 20.3 Å². The molecule has 17 heavy (non-hydrogen) atoms. The number of piperidine rings is 1. The van der Waals surface area contributed by atoms with Crippen LogP contribution in [-0.2, 0) is 4.79 Å². The summed E-state index contributed by atoms with van der Waals surface area (Å²) in [6.45, 7) is 4.29. The zero-order chi connectivity index (χ0) is 12.3. The molecule has 2 rings (SSSR count). The van der Waals surface area contributed by atoms with Gasteiger partial charge in [-0.3, -0.25) is 4.79 Å². The third-order valence-electron chi connectivity index (χ3n) is 3.38. The Labute approximate surface area is 107 Å². The molecule has 92 valence electrons. The number of hydrogen-bond acceptors (Lipinski definition) is 2. The quantitative estimate of drug-likeness (QED) is 0.734. The number of hydrogen-bond donors (Lipinski definition) is 0. The van der Waals surface area contributed by atoms with Crippen LogP contribution in [0.4, 0.5) is 0 Å². The van der Waals surface area contributed by atoms with E-state index in [2.05, 4.69) is 13.8 Å². The van der Waals surface area contributed by atoms with E-state index in [-0.39, 0.29) is 5.91 Å². The van der Waals surface area contributed by atoms with Crippen LogP contribution < -0.4 is 0 Å². The van der Waals surface area contributed by atoms with Gasteiger partial charge in [0.05, 0.1) is 0 Å². The van der Waals surface area contributed by atoms with Crippen LogP contribution in [0, 0.1) is 0 Å². The molecule has 2 atom stereocenters. The Morgan fingerprint density at radius 2 is 2.12 bits per heavy atom. The number of nitrogens with zero attached hydrogens (tertiary/aromatic N) is 1.